The van der Waals surface area contributed by atoms with E-state index in [2.05, 4.69) is 16.9 Å². The Hall–Kier alpha value is -3.08. The Morgan fingerprint density at radius 1 is 1.15 bits per heavy atom. The van der Waals surface area contributed by atoms with E-state index < -0.39 is 16.0 Å². The smallest absolute Gasteiger partial charge is 0.358 e. The summed E-state index contributed by atoms with van der Waals surface area (Å²) in [5.74, 6) is -0.00343. The standard InChI is InChI=1S/C23H24N4O4S2/c1-3-4-11-27-20-10-9-17(33(24,29)30)12-18(20)25-21(27)13-31-23(28)19-14-32-22(26-19)16-7-5-15(2)6-8-16/h5-10,12,14H,3-4,11,13H2,1-2H3,(H2,24,29,30). The number of ether oxygens (including phenoxy) is 1. The van der Waals surface area contributed by atoms with Crippen LogP contribution >= 0.6 is 11.3 Å². The summed E-state index contributed by atoms with van der Waals surface area (Å²) in [5, 5.41) is 7.67. The summed E-state index contributed by atoms with van der Waals surface area (Å²) in [6.45, 7) is 4.70. The second kappa shape index (κ2) is 9.42. The molecule has 0 saturated heterocycles. The highest BCUT2D eigenvalue weighted by molar-refractivity contribution is 7.89. The van der Waals surface area contributed by atoms with Crippen molar-refractivity contribution in [1.82, 2.24) is 14.5 Å². The van der Waals surface area contributed by atoms with Crippen LogP contribution in [-0.4, -0.2) is 28.9 Å². The number of primary sulfonamides is 1. The van der Waals surface area contributed by atoms with Gasteiger partial charge in [-0.15, -0.1) is 11.3 Å². The van der Waals surface area contributed by atoms with Gasteiger partial charge in [0.25, 0.3) is 0 Å². The van der Waals surface area contributed by atoms with Gasteiger partial charge in [-0.25, -0.2) is 28.3 Å². The van der Waals surface area contributed by atoms with Crippen molar-refractivity contribution < 1.29 is 17.9 Å². The van der Waals surface area contributed by atoms with E-state index >= 15 is 0 Å². The Bertz CT molecular complexity index is 1410. The maximum absolute atomic E-state index is 12.6. The normalized spacial score (nSPS) is 11.7. The summed E-state index contributed by atoms with van der Waals surface area (Å²) in [7, 11) is -3.84. The fourth-order valence-corrected chi connectivity index (χ4v) is 4.74. The minimum Gasteiger partial charge on any atom is -0.453 e. The average Bonchev–Trinajstić information content (AvgIpc) is 3.40. The van der Waals surface area contributed by atoms with Crippen LogP contribution in [0.25, 0.3) is 21.6 Å². The third-order valence-corrected chi connectivity index (χ3v) is 7.01. The molecule has 0 unspecified atom stereocenters. The van der Waals surface area contributed by atoms with Crippen molar-refractivity contribution in [2.45, 2.75) is 44.7 Å². The minimum absolute atomic E-state index is 0.00945. The summed E-state index contributed by atoms with van der Waals surface area (Å²) >= 11 is 1.38. The largest absolute Gasteiger partial charge is 0.453 e. The van der Waals surface area contributed by atoms with Crippen molar-refractivity contribution in [1.29, 1.82) is 0 Å². The summed E-state index contributed by atoms with van der Waals surface area (Å²) in [6.07, 6.45) is 1.87. The number of aryl methyl sites for hydroxylation is 2. The first-order valence-electron chi connectivity index (χ1n) is 10.5. The van der Waals surface area contributed by atoms with E-state index in [0.717, 1.165) is 34.5 Å². The Kier molecular flexibility index (Phi) is 6.59. The number of nitrogens with two attached hydrogens (primary N) is 1. The van der Waals surface area contributed by atoms with Gasteiger partial charge >= 0.3 is 5.97 Å². The number of thiazole rings is 1. The van der Waals surface area contributed by atoms with Gasteiger partial charge in [-0.1, -0.05) is 43.2 Å². The lowest BCUT2D eigenvalue weighted by molar-refractivity contribution is 0.0452. The van der Waals surface area contributed by atoms with Crippen molar-refractivity contribution in [2.24, 2.45) is 5.14 Å². The number of sulfonamides is 1. The number of hydrogen-bond acceptors (Lipinski definition) is 7. The maximum Gasteiger partial charge on any atom is 0.358 e. The zero-order valence-corrected chi connectivity index (χ0v) is 19.9. The van der Waals surface area contributed by atoms with Gasteiger partial charge in [-0.2, -0.15) is 0 Å². The molecular formula is C23H24N4O4S2. The first-order valence-corrected chi connectivity index (χ1v) is 12.9. The van der Waals surface area contributed by atoms with Crippen LogP contribution in [0.1, 0.15) is 41.6 Å². The third-order valence-electron chi connectivity index (χ3n) is 5.21. The summed E-state index contributed by atoms with van der Waals surface area (Å²) in [6, 6.07) is 12.5. The second-order valence-electron chi connectivity index (χ2n) is 7.71. The number of rotatable bonds is 8. The van der Waals surface area contributed by atoms with Gasteiger partial charge in [0.1, 0.15) is 17.4 Å². The first kappa shape index (κ1) is 23.1. The van der Waals surface area contributed by atoms with E-state index in [1.807, 2.05) is 35.8 Å². The molecule has 0 aliphatic rings. The summed E-state index contributed by atoms with van der Waals surface area (Å²) in [5.41, 5.74) is 3.58. The highest BCUT2D eigenvalue weighted by atomic mass is 32.2. The molecule has 33 heavy (non-hydrogen) atoms. The SMILES string of the molecule is CCCCn1c(COC(=O)c2csc(-c3ccc(C)cc3)n2)nc2cc(S(N)(=O)=O)ccc21. The van der Waals surface area contributed by atoms with Gasteiger partial charge in [0, 0.05) is 17.5 Å². The van der Waals surface area contributed by atoms with E-state index in [-0.39, 0.29) is 17.2 Å². The lowest BCUT2D eigenvalue weighted by atomic mass is 10.2. The van der Waals surface area contributed by atoms with Gasteiger partial charge < -0.3 is 9.30 Å². The van der Waals surface area contributed by atoms with E-state index in [4.69, 9.17) is 9.88 Å². The molecule has 0 saturated carbocycles. The molecule has 4 aromatic rings. The van der Waals surface area contributed by atoms with Crippen molar-refractivity contribution in [3.63, 3.8) is 0 Å². The van der Waals surface area contributed by atoms with Crippen molar-refractivity contribution in [2.75, 3.05) is 0 Å². The molecule has 0 spiro atoms. The van der Waals surface area contributed by atoms with Crippen LogP contribution in [0.3, 0.4) is 0 Å². The van der Waals surface area contributed by atoms with E-state index in [1.165, 1.54) is 23.5 Å². The Balaban J connectivity index is 1.55. The third kappa shape index (κ3) is 5.13. The van der Waals surface area contributed by atoms with Crippen molar-refractivity contribution >= 4 is 38.4 Å². The molecule has 2 heterocycles. The predicted octanol–water partition coefficient (Wildman–Crippen LogP) is 4.27. The highest BCUT2D eigenvalue weighted by Crippen LogP contribution is 2.25. The second-order valence-corrected chi connectivity index (χ2v) is 10.1. The van der Waals surface area contributed by atoms with E-state index in [9.17, 15) is 13.2 Å². The maximum atomic E-state index is 12.6. The summed E-state index contributed by atoms with van der Waals surface area (Å²) in [4.78, 5) is 21.5. The number of carbonyl (C=O) groups is 1. The van der Waals surface area contributed by atoms with Crippen LogP contribution in [0, 0.1) is 6.92 Å². The molecule has 10 heteroatoms. The van der Waals surface area contributed by atoms with Crippen molar-refractivity contribution in [3.05, 3.63) is 64.9 Å². The number of fused-ring (bicyclic) bond motifs is 1. The molecule has 8 nitrogen and oxygen atoms in total. The molecule has 0 amide bonds. The molecule has 2 N–H and O–H groups in total. The molecule has 0 bridgehead atoms. The zero-order valence-electron chi connectivity index (χ0n) is 18.3. The molecule has 0 fully saturated rings. The Morgan fingerprint density at radius 3 is 2.61 bits per heavy atom. The molecule has 0 aliphatic heterocycles. The van der Waals surface area contributed by atoms with Crippen LogP contribution < -0.4 is 5.14 Å². The number of imidazole rings is 1. The molecule has 0 aliphatic carbocycles. The molecule has 2 aromatic heterocycles. The van der Waals surface area contributed by atoms with E-state index in [0.29, 0.717) is 17.9 Å². The highest BCUT2D eigenvalue weighted by Gasteiger charge is 2.18. The molecule has 172 valence electrons. The van der Waals surface area contributed by atoms with Gasteiger partial charge in [-0.05, 0) is 31.5 Å². The molecule has 2 aromatic carbocycles. The fraction of sp³-hybridized carbons (Fsp3) is 0.261. The Labute approximate surface area is 196 Å². The number of carbonyl (C=O) groups excluding carboxylic acids is 1. The monoisotopic (exact) mass is 484 g/mol. The van der Waals surface area contributed by atoms with E-state index in [1.54, 1.807) is 11.4 Å². The lowest BCUT2D eigenvalue weighted by Gasteiger charge is -2.09. The van der Waals surface area contributed by atoms with Crippen LogP contribution in [0.2, 0.25) is 0 Å². The number of esters is 1. The molecule has 0 atom stereocenters. The van der Waals surface area contributed by atoms with Crippen LogP contribution in [-0.2, 0) is 27.9 Å². The van der Waals surface area contributed by atoms with Gasteiger partial charge in [-0.3, -0.25) is 0 Å². The minimum atomic E-state index is -3.84. The average molecular weight is 485 g/mol. The number of hydrogen-bond donors (Lipinski definition) is 1. The number of benzene rings is 2. The predicted molar refractivity (Wildman–Crippen MR) is 127 cm³/mol. The lowest BCUT2D eigenvalue weighted by Crippen LogP contribution is -2.12. The fourth-order valence-electron chi connectivity index (χ4n) is 3.41. The Morgan fingerprint density at radius 2 is 1.91 bits per heavy atom. The molecule has 0 radical (unpaired) electrons. The number of aromatic nitrogens is 3. The number of nitrogens with zero attached hydrogens (tertiary/aromatic N) is 3. The zero-order chi connectivity index (χ0) is 23.6. The van der Waals surface area contributed by atoms with Crippen molar-refractivity contribution in [3.8, 4) is 10.6 Å². The van der Waals surface area contributed by atoms with Gasteiger partial charge in [0.05, 0.1) is 15.9 Å². The van der Waals surface area contributed by atoms with Crippen LogP contribution in [0.5, 0.6) is 0 Å². The van der Waals surface area contributed by atoms with Gasteiger partial charge in [0.2, 0.25) is 10.0 Å². The molecule has 4 rings (SSSR count). The number of unbranched alkanes of at least 4 members (excludes halogenated alkanes) is 1. The topological polar surface area (TPSA) is 117 Å². The van der Waals surface area contributed by atoms with Crippen LogP contribution in [0.4, 0.5) is 0 Å². The molecular weight excluding hydrogens is 460 g/mol. The quantitative estimate of drug-likeness (QED) is 0.373. The first-order chi connectivity index (χ1) is 15.8. The summed E-state index contributed by atoms with van der Waals surface area (Å²) < 4.78 is 30.9. The van der Waals surface area contributed by atoms with Gasteiger partial charge in [0.15, 0.2) is 5.69 Å². The van der Waals surface area contributed by atoms with Crippen LogP contribution in [0.15, 0.2) is 52.7 Å².